The van der Waals surface area contributed by atoms with Crippen LogP contribution in [0.3, 0.4) is 0 Å². The molecule has 1 N–H and O–H groups in total. The fourth-order valence-electron chi connectivity index (χ4n) is 2.43. The Kier molecular flexibility index (Phi) is 7.10. The fourth-order valence-corrected chi connectivity index (χ4v) is 2.43. The zero-order chi connectivity index (χ0) is 14.3. The number of carbonyl (C=O) groups excluding carboxylic acids is 1. The van der Waals surface area contributed by atoms with E-state index in [4.69, 9.17) is 0 Å². The second kappa shape index (κ2) is 8.33. The van der Waals surface area contributed by atoms with Gasteiger partial charge in [-0.2, -0.15) is 0 Å². The lowest BCUT2D eigenvalue weighted by molar-refractivity contribution is -0.117. The van der Waals surface area contributed by atoms with Crippen LogP contribution in [-0.2, 0) is 4.79 Å². The van der Waals surface area contributed by atoms with Crippen LogP contribution < -0.4 is 5.32 Å². The van der Waals surface area contributed by atoms with Crippen molar-refractivity contribution in [2.45, 2.75) is 40.2 Å². The third-order valence-electron chi connectivity index (χ3n) is 3.90. The highest BCUT2D eigenvalue weighted by atomic mass is 16.1. The van der Waals surface area contributed by atoms with Crippen LogP contribution in [0.2, 0.25) is 0 Å². The zero-order valence-corrected chi connectivity index (χ0v) is 12.9. The minimum absolute atomic E-state index is 0.0703. The molecule has 19 heavy (non-hydrogen) atoms. The summed E-state index contributed by atoms with van der Waals surface area (Å²) < 4.78 is 0. The molecule has 1 aliphatic heterocycles. The summed E-state index contributed by atoms with van der Waals surface area (Å²) in [6.45, 7) is 14.7. The highest BCUT2D eigenvalue weighted by Gasteiger charge is 2.20. The molecular formula is C15H29N3O. The first-order valence-electron chi connectivity index (χ1n) is 7.49. The first-order chi connectivity index (χ1) is 9.08. The monoisotopic (exact) mass is 267 g/mol. The highest BCUT2D eigenvalue weighted by molar-refractivity contribution is 5.92. The van der Waals surface area contributed by atoms with Gasteiger partial charge in [0.1, 0.15) is 0 Å². The maximum Gasteiger partial charge on any atom is 0.246 e. The van der Waals surface area contributed by atoms with Crippen LogP contribution in [0.25, 0.3) is 0 Å². The lowest BCUT2D eigenvalue weighted by Crippen LogP contribution is -2.52. The van der Waals surface area contributed by atoms with Crippen molar-refractivity contribution in [2.75, 3.05) is 39.3 Å². The lowest BCUT2D eigenvalue weighted by Gasteiger charge is -2.37. The van der Waals surface area contributed by atoms with E-state index in [0.717, 1.165) is 51.3 Å². The van der Waals surface area contributed by atoms with Gasteiger partial charge >= 0.3 is 0 Å². The van der Waals surface area contributed by atoms with Crippen molar-refractivity contribution in [3.63, 3.8) is 0 Å². The molecule has 0 unspecified atom stereocenters. The summed E-state index contributed by atoms with van der Waals surface area (Å²) >= 11 is 0. The molecule has 0 aliphatic carbocycles. The van der Waals surface area contributed by atoms with Crippen LogP contribution in [0.4, 0.5) is 0 Å². The highest BCUT2D eigenvalue weighted by Crippen LogP contribution is 2.05. The maximum absolute atomic E-state index is 11.8. The molecule has 110 valence electrons. The maximum atomic E-state index is 11.8. The first-order valence-corrected chi connectivity index (χ1v) is 7.49. The first kappa shape index (κ1) is 16.2. The molecular weight excluding hydrogens is 238 g/mol. The molecule has 0 aromatic carbocycles. The number of likely N-dealkylation sites (N-methyl/N-ethyl adjacent to an activating group) is 1. The summed E-state index contributed by atoms with van der Waals surface area (Å²) in [6.07, 6.45) is 2.88. The second-order valence-electron chi connectivity index (χ2n) is 5.32. The van der Waals surface area contributed by atoms with Crippen molar-refractivity contribution in [3.8, 4) is 0 Å². The SMILES string of the molecule is CC/C=C(/C)C(=O)NC[C@@H](C)N1CCN(CC)CC1. The number of hydrogen-bond acceptors (Lipinski definition) is 3. The average molecular weight is 267 g/mol. The van der Waals surface area contributed by atoms with Crippen LogP contribution in [0, 0.1) is 0 Å². The van der Waals surface area contributed by atoms with E-state index in [2.05, 4.69) is 29.0 Å². The van der Waals surface area contributed by atoms with Crippen LogP contribution in [-0.4, -0.2) is 61.0 Å². The summed E-state index contributed by atoms with van der Waals surface area (Å²) in [5.74, 6) is 0.0703. The van der Waals surface area contributed by atoms with E-state index in [0.29, 0.717) is 6.04 Å². The minimum atomic E-state index is 0.0703. The van der Waals surface area contributed by atoms with Crippen LogP contribution in [0.15, 0.2) is 11.6 Å². The average Bonchev–Trinajstić information content (AvgIpc) is 2.44. The van der Waals surface area contributed by atoms with E-state index in [-0.39, 0.29) is 5.91 Å². The number of nitrogens with one attached hydrogen (secondary N) is 1. The molecule has 1 amide bonds. The number of rotatable bonds is 6. The van der Waals surface area contributed by atoms with Gasteiger partial charge in [0.25, 0.3) is 0 Å². The van der Waals surface area contributed by atoms with Crippen molar-refractivity contribution in [3.05, 3.63) is 11.6 Å². The summed E-state index contributed by atoms with van der Waals surface area (Å²) in [4.78, 5) is 16.7. The Morgan fingerprint density at radius 1 is 1.26 bits per heavy atom. The molecule has 1 saturated heterocycles. The quantitative estimate of drug-likeness (QED) is 0.741. The number of piperazine rings is 1. The summed E-state index contributed by atoms with van der Waals surface area (Å²) in [7, 11) is 0. The minimum Gasteiger partial charge on any atom is -0.351 e. The van der Waals surface area contributed by atoms with Crippen molar-refractivity contribution in [1.29, 1.82) is 0 Å². The van der Waals surface area contributed by atoms with E-state index in [1.165, 1.54) is 0 Å². The Morgan fingerprint density at radius 2 is 1.89 bits per heavy atom. The van der Waals surface area contributed by atoms with Gasteiger partial charge in [-0.25, -0.2) is 0 Å². The predicted octanol–water partition coefficient (Wildman–Crippen LogP) is 1.48. The third-order valence-corrected chi connectivity index (χ3v) is 3.90. The van der Waals surface area contributed by atoms with Crippen LogP contribution in [0.5, 0.6) is 0 Å². The van der Waals surface area contributed by atoms with E-state index in [9.17, 15) is 4.79 Å². The number of carbonyl (C=O) groups is 1. The largest absolute Gasteiger partial charge is 0.351 e. The molecule has 0 spiro atoms. The standard InChI is InChI=1S/C15H29N3O/c1-5-7-13(3)15(19)16-12-14(4)18-10-8-17(6-2)9-11-18/h7,14H,5-6,8-12H2,1-4H3,(H,16,19)/b13-7-/t14-/m1/s1. The summed E-state index contributed by atoms with van der Waals surface area (Å²) in [6, 6.07) is 0.414. The Hall–Kier alpha value is -0.870. The molecule has 1 aliphatic rings. The zero-order valence-electron chi connectivity index (χ0n) is 12.9. The third kappa shape index (κ3) is 5.33. The van der Waals surface area contributed by atoms with Gasteiger partial charge in [-0.3, -0.25) is 9.69 Å². The molecule has 0 aromatic heterocycles. The van der Waals surface area contributed by atoms with E-state index < -0.39 is 0 Å². The second-order valence-corrected chi connectivity index (χ2v) is 5.32. The topological polar surface area (TPSA) is 35.6 Å². The Labute approximate surface area is 117 Å². The van der Waals surface area contributed by atoms with Crippen molar-refractivity contribution in [1.82, 2.24) is 15.1 Å². The van der Waals surface area contributed by atoms with Crippen molar-refractivity contribution < 1.29 is 4.79 Å². The summed E-state index contributed by atoms with van der Waals surface area (Å²) in [5, 5.41) is 3.03. The van der Waals surface area contributed by atoms with Crippen LogP contribution in [0.1, 0.15) is 34.1 Å². The van der Waals surface area contributed by atoms with Gasteiger partial charge in [-0.1, -0.05) is 19.9 Å². The molecule has 4 nitrogen and oxygen atoms in total. The number of allylic oxidation sites excluding steroid dienone is 1. The van der Waals surface area contributed by atoms with Crippen molar-refractivity contribution >= 4 is 5.91 Å². The lowest BCUT2D eigenvalue weighted by atomic mass is 10.2. The molecule has 0 aromatic rings. The Bertz CT molecular complexity index is 307. The molecule has 1 rings (SSSR count). The fraction of sp³-hybridized carbons (Fsp3) is 0.800. The van der Waals surface area contributed by atoms with Gasteiger partial charge in [0.2, 0.25) is 5.91 Å². The van der Waals surface area contributed by atoms with Gasteiger partial charge in [-0.15, -0.1) is 0 Å². The Morgan fingerprint density at radius 3 is 2.42 bits per heavy atom. The normalized spacial score (nSPS) is 20.3. The molecule has 1 atom stereocenters. The van der Waals surface area contributed by atoms with E-state index in [1.54, 1.807) is 0 Å². The Balaban J connectivity index is 2.30. The summed E-state index contributed by atoms with van der Waals surface area (Å²) in [5.41, 5.74) is 0.825. The molecule has 1 fully saturated rings. The van der Waals surface area contributed by atoms with Gasteiger partial charge in [0.15, 0.2) is 0 Å². The molecule has 1 heterocycles. The molecule has 4 heteroatoms. The van der Waals surface area contributed by atoms with E-state index >= 15 is 0 Å². The van der Waals surface area contributed by atoms with Crippen LogP contribution >= 0.6 is 0 Å². The van der Waals surface area contributed by atoms with Crippen molar-refractivity contribution in [2.24, 2.45) is 0 Å². The molecule has 0 saturated carbocycles. The van der Waals surface area contributed by atoms with Gasteiger partial charge < -0.3 is 10.2 Å². The molecule has 0 radical (unpaired) electrons. The van der Waals surface area contributed by atoms with E-state index in [1.807, 2.05) is 19.9 Å². The van der Waals surface area contributed by atoms with Gasteiger partial charge in [0.05, 0.1) is 0 Å². The molecule has 0 bridgehead atoms. The number of nitrogens with zero attached hydrogens (tertiary/aromatic N) is 2. The number of amides is 1. The smallest absolute Gasteiger partial charge is 0.246 e. The predicted molar refractivity (Wildman–Crippen MR) is 80.2 cm³/mol. The number of hydrogen-bond donors (Lipinski definition) is 1. The van der Waals surface area contributed by atoms with Gasteiger partial charge in [-0.05, 0) is 26.8 Å². The van der Waals surface area contributed by atoms with Gasteiger partial charge in [0, 0.05) is 44.3 Å².